The molecule has 0 saturated carbocycles. The van der Waals surface area contributed by atoms with Gasteiger partial charge in [-0.15, -0.1) is 0 Å². The van der Waals surface area contributed by atoms with Gasteiger partial charge in [0.05, 0.1) is 12.7 Å². The van der Waals surface area contributed by atoms with Crippen LogP contribution in [-0.4, -0.2) is 18.2 Å². The summed E-state index contributed by atoms with van der Waals surface area (Å²) >= 11 is -0.0784. The summed E-state index contributed by atoms with van der Waals surface area (Å²) in [5.74, 6) is 0. The van der Waals surface area contributed by atoms with Crippen LogP contribution in [0, 0.1) is 0 Å². The molecule has 0 radical (unpaired) electrons. The van der Waals surface area contributed by atoms with Crippen molar-refractivity contribution in [1.29, 1.82) is 0 Å². The molecule has 1 aromatic rings. The van der Waals surface area contributed by atoms with Crippen LogP contribution in [0.4, 0.5) is 13.2 Å². The zero-order chi connectivity index (χ0) is 10.9. The number of hydrogen-bond acceptors (Lipinski definition) is 2. The van der Waals surface area contributed by atoms with Crippen LogP contribution in [0.3, 0.4) is 0 Å². The second-order valence-corrected chi connectivity index (χ2v) is 4.49. The molecule has 1 aliphatic heterocycles. The third kappa shape index (κ3) is 3.76. The third-order valence-electron chi connectivity index (χ3n) is 2.00. The molecule has 15 heavy (non-hydrogen) atoms. The molecule has 0 aliphatic carbocycles. The summed E-state index contributed by atoms with van der Waals surface area (Å²) in [6, 6.07) is 6.50. The van der Waals surface area contributed by atoms with Gasteiger partial charge in [0.1, 0.15) is 0 Å². The number of epoxide rings is 1. The molecule has 0 N–H and O–H groups in total. The SMILES string of the molecule is FC(F)(F)Sc1cccc(CC2CO2)c1. The Labute approximate surface area is 89.6 Å². The molecule has 0 bridgehead atoms. The summed E-state index contributed by atoms with van der Waals surface area (Å²) in [7, 11) is 0. The van der Waals surface area contributed by atoms with Crippen LogP contribution < -0.4 is 0 Å². The predicted molar refractivity (Wildman–Crippen MR) is 51.8 cm³/mol. The zero-order valence-corrected chi connectivity index (χ0v) is 8.57. The van der Waals surface area contributed by atoms with Gasteiger partial charge >= 0.3 is 5.51 Å². The molecular weight excluding hydrogens is 225 g/mol. The first-order valence-corrected chi connectivity index (χ1v) is 5.31. The van der Waals surface area contributed by atoms with E-state index in [1.54, 1.807) is 12.1 Å². The van der Waals surface area contributed by atoms with E-state index >= 15 is 0 Å². The maximum absolute atomic E-state index is 12.1. The molecule has 1 saturated heterocycles. The Morgan fingerprint density at radius 3 is 2.73 bits per heavy atom. The Morgan fingerprint density at radius 2 is 2.13 bits per heavy atom. The molecule has 0 aromatic heterocycles. The zero-order valence-electron chi connectivity index (χ0n) is 7.75. The molecule has 2 rings (SSSR count). The lowest BCUT2D eigenvalue weighted by Gasteiger charge is -2.06. The monoisotopic (exact) mass is 234 g/mol. The van der Waals surface area contributed by atoms with E-state index < -0.39 is 5.51 Å². The van der Waals surface area contributed by atoms with Gasteiger partial charge in [-0.25, -0.2) is 0 Å². The van der Waals surface area contributed by atoms with Crippen molar-refractivity contribution in [2.75, 3.05) is 6.61 Å². The molecule has 1 nitrogen and oxygen atoms in total. The van der Waals surface area contributed by atoms with E-state index in [0.29, 0.717) is 6.42 Å². The number of benzene rings is 1. The Hall–Kier alpha value is -0.680. The number of ether oxygens (including phenoxy) is 1. The number of alkyl halides is 3. The molecular formula is C10H9F3OS. The van der Waals surface area contributed by atoms with Gasteiger partial charge in [0, 0.05) is 11.3 Å². The summed E-state index contributed by atoms with van der Waals surface area (Å²) in [6.07, 6.45) is 0.905. The van der Waals surface area contributed by atoms with Gasteiger partial charge in [0.15, 0.2) is 0 Å². The molecule has 1 aromatic carbocycles. The first-order valence-electron chi connectivity index (χ1n) is 4.49. The van der Waals surface area contributed by atoms with Crippen molar-refractivity contribution in [3.63, 3.8) is 0 Å². The number of thioether (sulfide) groups is 1. The average Bonchev–Trinajstić information content (AvgIpc) is 2.85. The molecule has 1 heterocycles. The summed E-state index contributed by atoms with van der Waals surface area (Å²) in [5, 5.41) is 0. The minimum atomic E-state index is -4.21. The van der Waals surface area contributed by atoms with Crippen molar-refractivity contribution in [2.45, 2.75) is 22.9 Å². The fourth-order valence-electron chi connectivity index (χ4n) is 1.32. The second kappa shape index (κ2) is 4.06. The van der Waals surface area contributed by atoms with Crippen LogP contribution in [0.2, 0.25) is 0 Å². The summed E-state index contributed by atoms with van der Waals surface area (Å²) in [6.45, 7) is 0.719. The van der Waals surface area contributed by atoms with Gasteiger partial charge in [-0.05, 0) is 29.5 Å². The largest absolute Gasteiger partial charge is 0.446 e. The van der Waals surface area contributed by atoms with E-state index in [2.05, 4.69) is 0 Å². The van der Waals surface area contributed by atoms with Crippen molar-refractivity contribution in [1.82, 2.24) is 0 Å². The molecule has 1 aliphatic rings. The van der Waals surface area contributed by atoms with E-state index in [4.69, 9.17) is 4.74 Å². The van der Waals surface area contributed by atoms with Crippen molar-refractivity contribution in [3.05, 3.63) is 29.8 Å². The predicted octanol–water partition coefficient (Wildman–Crippen LogP) is 3.24. The highest BCUT2D eigenvalue weighted by Gasteiger charge is 2.29. The van der Waals surface area contributed by atoms with Crippen LogP contribution in [0.15, 0.2) is 29.2 Å². The van der Waals surface area contributed by atoms with Crippen LogP contribution in [-0.2, 0) is 11.2 Å². The van der Waals surface area contributed by atoms with Gasteiger partial charge in [-0.3, -0.25) is 0 Å². The number of hydrogen-bond donors (Lipinski definition) is 0. The van der Waals surface area contributed by atoms with E-state index in [9.17, 15) is 13.2 Å². The second-order valence-electron chi connectivity index (χ2n) is 3.35. The highest BCUT2D eigenvalue weighted by molar-refractivity contribution is 8.00. The van der Waals surface area contributed by atoms with Gasteiger partial charge in [0.2, 0.25) is 0 Å². The maximum atomic E-state index is 12.1. The van der Waals surface area contributed by atoms with Crippen LogP contribution in [0.5, 0.6) is 0 Å². The molecule has 82 valence electrons. The summed E-state index contributed by atoms with van der Waals surface area (Å²) < 4.78 is 41.3. The van der Waals surface area contributed by atoms with Crippen LogP contribution in [0.25, 0.3) is 0 Å². The number of rotatable bonds is 3. The van der Waals surface area contributed by atoms with E-state index in [0.717, 1.165) is 12.2 Å². The molecule has 1 fully saturated rings. The quantitative estimate of drug-likeness (QED) is 0.588. The normalized spacial score (nSPS) is 20.3. The number of halogens is 3. The summed E-state index contributed by atoms with van der Waals surface area (Å²) in [5.41, 5.74) is -3.32. The Morgan fingerprint density at radius 1 is 1.40 bits per heavy atom. The van der Waals surface area contributed by atoms with E-state index in [1.165, 1.54) is 6.07 Å². The van der Waals surface area contributed by atoms with Gasteiger partial charge in [-0.1, -0.05) is 12.1 Å². The first-order chi connectivity index (χ1) is 7.03. The summed E-state index contributed by atoms with van der Waals surface area (Å²) in [4.78, 5) is 0.237. The van der Waals surface area contributed by atoms with Crippen molar-refractivity contribution >= 4 is 11.8 Å². The van der Waals surface area contributed by atoms with Crippen LogP contribution >= 0.6 is 11.8 Å². The van der Waals surface area contributed by atoms with Gasteiger partial charge in [-0.2, -0.15) is 13.2 Å². The average molecular weight is 234 g/mol. The Bertz CT molecular complexity index is 347. The Kier molecular flexibility index (Phi) is 2.93. The van der Waals surface area contributed by atoms with Crippen molar-refractivity contribution < 1.29 is 17.9 Å². The van der Waals surface area contributed by atoms with E-state index in [1.807, 2.05) is 6.07 Å². The van der Waals surface area contributed by atoms with Gasteiger partial charge in [0.25, 0.3) is 0 Å². The molecule has 0 amide bonds. The van der Waals surface area contributed by atoms with E-state index in [-0.39, 0.29) is 22.8 Å². The van der Waals surface area contributed by atoms with Crippen LogP contribution in [0.1, 0.15) is 5.56 Å². The molecule has 1 atom stereocenters. The lowest BCUT2D eigenvalue weighted by atomic mass is 10.1. The maximum Gasteiger partial charge on any atom is 0.446 e. The fourth-order valence-corrected chi connectivity index (χ4v) is 1.94. The molecule has 0 spiro atoms. The first kappa shape index (κ1) is 10.8. The third-order valence-corrected chi connectivity index (χ3v) is 2.72. The standard InChI is InChI=1S/C10H9F3OS/c11-10(12,13)15-9-3-1-2-7(5-9)4-8-6-14-8/h1-3,5,8H,4,6H2. The minimum absolute atomic E-state index is 0.0784. The van der Waals surface area contributed by atoms with Crippen molar-refractivity contribution in [2.24, 2.45) is 0 Å². The van der Waals surface area contributed by atoms with Gasteiger partial charge < -0.3 is 4.74 Å². The fraction of sp³-hybridized carbons (Fsp3) is 0.400. The minimum Gasteiger partial charge on any atom is -0.373 e. The Balaban J connectivity index is 2.04. The lowest BCUT2D eigenvalue weighted by molar-refractivity contribution is -0.0328. The molecule has 5 heteroatoms. The topological polar surface area (TPSA) is 12.5 Å². The lowest BCUT2D eigenvalue weighted by Crippen LogP contribution is -1.99. The smallest absolute Gasteiger partial charge is 0.373 e. The van der Waals surface area contributed by atoms with Crippen molar-refractivity contribution in [3.8, 4) is 0 Å². The highest BCUT2D eigenvalue weighted by Crippen LogP contribution is 2.37. The highest BCUT2D eigenvalue weighted by atomic mass is 32.2. The molecule has 1 unspecified atom stereocenters.